The molecule has 0 aromatic rings. The van der Waals surface area contributed by atoms with E-state index in [1.165, 1.54) is 0 Å². The molecule has 0 aromatic carbocycles. The van der Waals surface area contributed by atoms with Gasteiger partial charge in [-0.2, -0.15) is 0 Å². The van der Waals surface area contributed by atoms with E-state index >= 15 is 0 Å². The first-order valence-corrected chi connectivity index (χ1v) is 11.1. The number of methoxy groups -OCH3 is 1. The summed E-state index contributed by atoms with van der Waals surface area (Å²) in [6.45, 7) is 3.04. The van der Waals surface area contributed by atoms with E-state index in [1.54, 1.807) is 14.2 Å². The highest BCUT2D eigenvalue weighted by atomic mass is 16.5. The number of nitrogens with two attached hydrogens (primary N) is 1. The quantitative estimate of drug-likeness (QED) is 0.480. The highest BCUT2D eigenvalue weighted by molar-refractivity contribution is 5.92. The van der Waals surface area contributed by atoms with E-state index < -0.39 is 11.6 Å². The van der Waals surface area contributed by atoms with Crippen LogP contribution in [0, 0.1) is 34.5 Å². The van der Waals surface area contributed by atoms with Crippen LogP contribution >= 0.6 is 0 Å². The number of carboxylic acid groups (broad SMARTS) is 1. The zero-order valence-corrected chi connectivity index (χ0v) is 18.1. The second-order valence-electron chi connectivity index (χ2n) is 10.1. The molecule has 30 heavy (non-hydrogen) atoms. The van der Waals surface area contributed by atoms with Crippen LogP contribution in [0.5, 0.6) is 0 Å². The van der Waals surface area contributed by atoms with Gasteiger partial charge in [0, 0.05) is 43.7 Å². The van der Waals surface area contributed by atoms with Gasteiger partial charge in [-0.1, -0.05) is 13.0 Å². The highest BCUT2D eigenvalue weighted by Crippen LogP contribution is 2.81. The lowest BCUT2D eigenvalue weighted by atomic mass is 9.39. The summed E-state index contributed by atoms with van der Waals surface area (Å²) in [7, 11) is 3.25. The zero-order chi connectivity index (χ0) is 21.5. The van der Waals surface area contributed by atoms with E-state index in [0.29, 0.717) is 23.7 Å². The van der Waals surface area contributed by atoms with Gasteiger partial charge >= 0.3 is 5.97 Å². The lowest BCUT2D eigenvalue weighted by Crippen LogP contribution is -2.67. The van der Waals surface area contributed by atoms with Gasteiger partial charge in [0.25, 0.3) is 0 Å². The van der Waals surface area contributed by atoms with E-state index in [2.05, 4.69) is 24.2 Å². The number of rotatable bonds is 3. The highest BCUT2D eigenvalue weighted by Gasteiger charge is 2.80. The third-order valence-corrected chi connectivity index (χ3v) is 9.49. The first kappa shape index (κ1) is 20.1. The number of carboxylic acids is 1. The summed E-state index contributed by atoms with van der Waals surface area (Å²) in [6.07, 6.45) is 9.02. The Balaban J connectivity index is 1.79. The maximum absolute atomic E-state index is 12.6. The molecule has 1 aliphatic heterocycles. The van der Waals surface area contributed by atoms with E-state index in [9.17, 15) is 15.0 Å². The summed E-state index contributed by atoms with van der Waals surface area (Å²) in [4.78, 5) is 18.8. The monoisotopic (exact) mass is 415 g/mol. The van der Waals surface area contributed by atoms with Gasteiger partial charge in [-0.05, 0) is 55.4 Å². The number of guanidine groups is 1. The standard InChI is InChI=1S/C23H33N3O4/c1-13-4-5-15-10-16-18(19(27)28)22(29,12-30-3)17-7-6-14-8-9-26(20(24)25-2)11-21(14,15)23(13,16)17/h8-9,13-15,17,29H,4-7,10-12H2,1-3H3,(H2,24,25)(H,27,28)/t13-,14+,15-,17-,21+,22-,23+/m1/s1. The maximum atomic E-state index is 12.6. The van der Waals surface area contributed by atoms with Crippen LogP contribution in [0.25, 0.3) is 0 Å². The molecular weight excluding hydrogens is 382 g/mol. The fourth-order valence-corrected chi connectivity index (χ4v) is 8.87. The van der Waals surface area contributed by atoms with E-state index in [4.69, 9.17) is 10.5 Å². The molecule has 4 N–H and O–H groups in total. The van der Waals surface area contributed by atoms with Crippen LogP contribution in [0.4, 0.5) is 0 Å². The average molecular weight is 416 g/mol. The largest absolute Gasteiger partial charge is 0.478 e. The van der Waals surface area contributed by atoms with Crippen molar-refractivity contribution in [3.63, 3.8) is 0 Å². The smallest absolute Gasteiger partial charge is 0.334 e. The van der Waals surface area contributed by atoms with Crippen molar-refractivity contribution in [3.8, 4) is 0 Å². The lowest BCUT2D eigenvalue weighted by molar-refractivity contribution is -0.187. The Bertz CT molecular complexity index is 882. The van der Waals surface area contributed by atoms with Crippen LogP contribution in [0.15, 0.2) is 28.4 Å². The molecule has 0 aromatic heterocycles. The molecule has 2 spiro atoms. The first-order chi connectivity index (χ1) is 14.3. The molecule has 3 fully saturated rings. The van der Waals surface area contributed by atoms with Crippen LogP contribution in [0.1, 0.15) is 39.0 Å². The van der Waals surface area contributed by atoms with E-state index in [-0.39, 0.29) is 28.9 Å². The number of aliphatic carboxylic acids is 1. The summed E-state index contributed by atoms with van der Waals surface area (Å²) < 4.78 is 5.43. The van der Waals surface area contributed by atoms with Gasteiger partial charge in [-0.15, -0.1) is 0 Å². The summed E-state index contributed by atoms with van der Waals surface area (Å²) in [6, 6.07) is 0. The third-order valence-electron chi connectivity index (χ3n) is 9.49. The number of allylic oxidation sites excluding steroid dienone is 2. The van der Waals surface area contributed by atoms with Crippen LogP contribution in [-0.2, 0) is 9.53 Å². The molecule has 7 heteroatoms. The molecule has 5 aliphatic rings. The van der Waals surface area contributed by atoms with Crippen molar-refractivity contribution < 1.29 is 19.7 Å². The molecule has 0 saturated heterocycles. The Morgan fingerprint density at radius 2 is 2.13 bits per heavy atom. The molecule has 0 amide bonds. The number of hydrogen-bond donors (Lipinski definition) is 3. The van der Waals surface area contributed by atoms with Gasteiger partial charge < -0.3 is 25.6 Å². The molecular formula is C23H33N3O4. The van der Waals surface area contributed by atoms with Crippen LogP contribution in [0.2, 0.25) is 0 Å². The number of hydrogen-bond acceptors (Lipinski definition) is 4. The number of nitrogens with zero attached hydrogens (tertiary/aromatic N) is 2. The molecule has 4 aliphatic carbocycles. The third kappa shape index (κ3) is 1.99. The summed E-state index contributed by atoms with van der Waals surface area (Å²) in [5, 5.41) is 22.2. The predicted octanol–water partition coefficient (Wildman–Crippen LogP) is 1.98. The van der Waals surface area contributed by atoms with Gasteiger partial charge in [0.1, 0.15) is 5.60 Å². The Kier molecular flexibility index (Phi) is 4.23. The molecule has 7 nitrogen and oxygen atoms in total. The minimum Gasteiger partial charge on any atom is -0.478 e. The molecule has 1 heterocycles. The molecule has 5 rings (SSSR count). The Morgan fingerprint density at radius 1 is 1.37 bits per heavy atom. The number of aliphatic imine (C=N–C) groups is 1. The second-order valence-corrected chi connectivity index (χ2v) is 10.1. The van der Waals surface area contributed by atoms with Gasteiger partial charge in [-0.25, -0.2) is 4.79 Å². The van der Waals surface area contributed by atoms with E-state index in [0.717, 1.165) is 44.2 Å². The summed E-state index contributed by atoms with van der Waals surface area (Å²) >= 11 is 0. The molecule has 0 radical (unpaired) electrons. The Hall–Kier alpha value is -1.86. The minimum atomic E-state index is -1.44. The normalized spacial score (nSPS) is 46.8. The van der Waals surface area contributed by atoms with Crippen molar-refractivity contribution in [1.82, 2.24) is 4.90 Å². The maximum Gasteiger partial charge on any atom is 0.334 e. The van der Waals surface area contributed by atoms with Crippen LogP contribution < -0.4 is 5.73 Å². The Labute approximate surface area is 177 Å². The lowest BCUT2D eigenvalue weighted by Gasteiger charge is -2.66. The van der Waals surface area contributed by atoms with Gasteiger partial charge in [0.15, 0.2) is 5.96 Å². The average Bonchev–Trinajstić information content (AvgIpc) is 3.05. The SMILES string of the molecule is CN=C(N)N1C=C[C@@H]2CC[C@H]3[C@@]45C(=C(C(=O)O)[C@@]3(O)COC)C[C@@H](CC[C@H]4C)[C@]25C1. The fourth-order valence-electron chi connectivity index (χ4n) is 8.87. The van der Waals surface area contributed by atoms with Gasteiger partial charge in [0.2, 0.25) is 0 Å². The topological polar surface area (TPSA) is 108 Å². The van der Waals surface area contributed by atoms with Crippen molar-refractivity contribution in [1.29, 1.82) is 0 Å². The fraction of sp³-hybridized carbons (Fsp3) is 0.739. The molecule has 0 unspecified atom stereocenters. The molecule has 164 valence electrons. The number of carbonyl (C=O) groups is 1. The molecule has 2 bridgehead atoms. The van der Waals surface area contributed by atoms with Crippen molar-refractivity contribution >= 4 is 11.9 Å². The first-order valence-electron chi connectivity index (χ1n) is 11.1. The minimum absolute atomic E-state index is 0.0286. The zero-order valence-electron chi connectivity index (χ0n) is 18.1. The Morgan fingerprint density at radius 3 is 2.80 bits per heavy atom. The number of aliphatic hydroxyl groups is 1. The molecule has 3 saturated carbocycles. The number of ether oxygens (including phenoxy) is 1. The van der Waals surface area contributed by atoms with Crippen LogP contribution in [0.3, 0.4) is 0 Å². The van der Waals surface area contributed by atoms with Crippen molar-refractivity contribution in [2.75, 3.05) is 27.3 Å². The predicted molar refractivity (Wildman–Crippen MR) is 112 cm³/mol. The van der Waals surface area contributed by atoms with Crippen molar-refractivity contribution in [3.05, 3.63) is 23.4 Å². The second kappa shape index (κ2) is 6.33. The summed E-state index contributed by atoms with van der Waals surface area (Å²) in [5.41, 5.74) is 5.56. The molecule has 7 atom stereocenters. The van der Waals surface area contributed by atoms with Crippen molar-refractivity contribution in [2.45, 2.75) is 44.6 Å². The van der Waals surface area contributed by atoms with Gasteiger partial charge in [0.05, 0.1) is 12.2 Å². The van der Waals surface area contributed by atoms with E-state index in [1.807, 2.05) is 4.90 Å². The van der Waals surface area contributed by atoms with Gasteiger partial charge in [-0.3, -0.25) is 4.99 Å². The summed E-state index contributed by atoms with van der Waals surface area (Å²) in [5.74, 6) is 0.417. The van der Waals surface area contributed by atoms with Crippen LogP contribution in [-0.4, -0.2) is 60.0 Å². The van der Waals surface area contributed by atoms with Crippen molar-refractivity contribution in [2.24, 2.45) is 45.2 Å².